The Morgan fingerprint density at radius 1 is 1.35 bits per heavy atom. The smallest absolute Gasteiger partial charge is 0.261 e. The van der Waals surface area contributed by atoms with Crippen molar-refractivity contribution in [3.05, 3.63) is 27.7 Å². The van der Waals surface area contributed by atoms with Gasteiger partial charge in [-0.1, -0.05) is 28.8 Å². The maximum Gasteiger partial charge on any atom is 0.261 e. The van der Waals surface area contributed by atoms with Crippen molar-refractivity contribution in [1.29, 1.82) is 0 Å². The summed E-state index contributed by atoms with van der Waals surface area (Å²) >= 11 is 3.27. The minimum absolute atomic E-state index is 0.0757. The van der Waals surface area contributed by atoms with Gasteiger partial charge in [-0.2, -0.15) is 0 Å². The highest BCUT2D eigenvalue weighted by atomic mass is 79.9. The van der Waals surface area contributed by atoms with Gasteiger partial charge in [-0.25, -0.2) is 8.42 Å². The minimum Gasteiger partial charge on any atom is -0.349 e. The number of rotatable bonds is 3. The van der Waals surface area contributed by atoms with Crippen LogP contribution in [-0.4, -0.2) is 20.4 Å². The fourth-order valence-electron chi connectivity index (χ4n) is 2.36. The number of amides is 1. The Labute approximate surface area is 131 Å². The van der Waals surface area contributed by atoms with E-state index < -0.39 is 9.05 Å². The maximum absolute atomic E-state index is 12.3. The van der Waals surface area contributed by atoms with Gasteiger partial charge in [0.1, 0.15) is 0 Å². The topological polar surface area (TPSA) is 63.2 Å². The quantitative estimate of drug-likeness (QED) is 0.818. The van der Waals surface area contributed by atoms with Crippen molar-refractivity contribution in [3.8, 4) is 0 Å². The van der Waals surface area contributed by atoms with E-state index in [1.54, 1.807) is 6.92 Å². The molecule has 0 unspecified atom stereocenters. The largest absolute Gasteiger partial charge is 0.349 e. The minimum atomic E-state index is -3.86. The molecule has 0 saturated heterocycles. The molecule has 1 aromatic rings. The molecule has 0 heterocycles. The average molecular weight is 381 g/mol. The molecule has 0 bridgehead atoms. The summed E-state index contributed by atoms with van der Waals surface area (Å²) in [5, 5.41) is 2.94. The molecule has 0 aromatic heterocycles. The highest BCUT2D eigenvalue weighted by Gasteiger charge is 2.22. The van der Waals surface area contributed by atoms with Crippen molar-refractivity contribution in [2.24, 2.45) is 0 Å². The standard InChI is InChI=1S/C13H15BrClNO3S/c1-8-11(13(17)16-9-4-2-3-5-9)6-10(7-12(8)14)20(15,18)19/h6-7,9H,2-5H2,1H3,(H,16,17). The van der Waals surface area contributed by atoms with E-state index in [-0.39, 0.29) is 16.8 Å². The van der Waals surface area contributed by atoms with Crippen LogP contribution in [0.4, 0.5) is 0 Å². The van der Waals surface area contributed by atoms with Crippen LogP contribution in [0.5, 0.6) is 0 Å². The summed E-state index contributed by atoms with van der Waals surface area (Å²) in [7, 11) is 1.49. The first kappa shape index (κ1) is 15.8. The van der Waals surface area contributed by atoms with E-state index in [9.17, 15) is 13.2 Å². The van der Waals surface area contributed by atoms with Gasteiger partial charge in [-0.3, -0.25) is 4.79 Å². The molecule has 2 rings (SSSR count). The summed E-state index contributed by atoms with van der Waals surface area (Å²) in [6, 6.07) is 2.91. The predicted molar refractivity (Wildman–Crippen MR) is 81.6 cm³/mol. The van der Waals surface area contributed by atoms with Crippen LogP contribution < -0.4 is 5.32 Å². The van der Waals surface area contributed by atoms with Gasteiger partial charge in [0.25, 0.3) is 15.0 Å². The predicted octanol–water partition coefficient (Wildman–Crippen LogP) is 3.36. The Hall–Kier alpha value is -0.590. The van der Waals surface area contributed by atoms with Gasteiger partial charge in [0, 0.05) is 26.8 Å². The van der Waals surface area contributed by atoms with E-state index in [4.69, 9.17) is 10.7 Å². The number of benzene rings is 1. The van der Waals surface area contributed by atoms with Crippen molar-refractivity contribution < 1.29 is 13.2 Å². The van der Waals surface area contributed by atoms with E-state index in [2.05, 4.69) is 21.2 Å². The molecule has 7 heteroatoms. The monoisotopic (exact) mass is 379 g/mol. The summed E-state index contributed by atoms with van der Waals surface area (Å²) in [6.07, 6.45) is 4.17. The summed E-state index contributed by atoms with van der Waals surface area (Å²) in [5.74, 6) is -0.253. The van der Waals surface area contributed by atoms with Gasteiger partial charge in [0.2, 0.25) is 0 Å². The zero-order valence-electron chi connectivity index (χ0n) is 10.9. The average Bonchev–Trinajstić information content (AvgIpc) is 2.83. The Morgan fingerprint density at radius 3 is 2.50 bits per heavy atom. The molecule has 20 heavy (non-hydrogen) atoms. The molecule has 1 aliphatic carbocycles. The van der Waals surface area contributed by atoms with Gasteiger partial charge in [-0.15, -0.1) is 0 Å². The maximum atomic E-state index is 12.3. The van der Waals surface area contributed by atoms with Crippen molar-refractivity contribution >= 4 is 41.6 Å². The van der Waals surface area contributed by atoms with Gasteiger partial charge >= 0.3 is 0 Å². The Kier molecular flexibility index (Phi) is 4.76. The third kappa shape index (κ3) is 3.54. The van der Waals surface area contributed by atoms with E-state index >= 15 is 0 Å². The van der Waals surface area contributed by atoms with Crippen LogP contribution >= 0.6 is 26.6 Å². The Balaban J connectivity index is 2.34. The second kappa shape index (κ2) is 6.03. The van der Waals surface area contributed by atoms with Crippen LogP contribution in [0.3, 0.4) is 0 Å². The molecule has 0 atom stereocenters. The zero-order valence-corrected chi connectivity index (χ0v) is 14.1. The fourth-order valence-corrected chi connectivity index (χ4v) is 3.76. The van der Waals surface area contributed by atoms with E-state index in [0.29, 0.717) is 15.6 Å². The molecule has 110 valence electrons. The van der Waals surface area contributed by atoms with Gasteiger partial charge in [0.15, 0.2) is 0 Å². The van der Waals surface area contributed by atoms with Crippen molar-refractivity contribution in [1.82, 2.24) is 5.32 Å². The summed E-state index contributed by atoms with van der Waals surface area (Å²) in [6.45, 7) is 1.76. The molecule has 1 amide bonds. The van der Waals surface area contributed by atoms with Gasteiger partial charge < -0.3 is 5.32 Å². The second-order valence-corrected chi connectivity index (χ2v) is 8.39. The zero-order chi connectivity index (χ0) is 14.9. The first-order valence-electron chi connectivity index (χ1n) is 6.34. The van der Waals surface area contributed by atoms with E-state index in [1.807, 2.05) is 0 Å². The molecule has 0 aliphatic heterocycles. The Morgan fingerprint density at radius 2 is 1.95 bits per heavy atom. The van der Waals surface area contributed by atoms with Crippen molar-refractivity contribution in [2.45, 2.75) is 43.5 Å². The molecule has 4 nitrogen and oxygen atoms in total. The highest BCUT2D eigenvalue weighted by molar-refractivity contribution is 9.10. The van der Waals surface area contributed by atoms with Crippen LogP contribution in [0.15, 0.2) is 21.5 Å². The molecule has 0 spiro atoms. The van der Waals surface area contributed by atoms with Crippen LogP contribution in [0.25, 0.3) is 0 Å². The Bertz CT molecular complexity index is 639. The molecule has 1 N–H and O–H groups in total. The molecular weight excluding hydrogens is 366 g/mol. The lowest BCUT2D eigenvalue weighted by Crippen LogP contribution is -2.33. The number of carbonyl (C=O) groups excluding carboxylic acids is 1. The van der Waals surface area contributed by atoms with Crippen LogP contribution in [0.2, 0.25) is 0 Å². The molecule has 1 fully saturated rings. The van der Waals surface area contributed by atoms with Crippen LogP contribution in [0, 0.1) is 6.92 Å². The third-order valence-electron chi connectivity index (χ3n) is 3.53. The molecular formula is C13H15BrClNO3S. The SMILES string of the molecule is Cc1c(Br)cc(S(=O)(=O)Cl)cc1C(=O)NC1CCCC1. The molecule has 1 aromatic carbocycles. The van der Waals surface area contributed by atoms with E-state index in [0.717, 1.165) is 25.7 Å². The number of nitrogens with one attached hydrogen (secondary N) is 1. The number of carbonyl (C=O) groups is 1. The first-order valence-corrected chi connectivity index (χ1v) is 9.45. The fraction of sp³-hybridized carbons (Fsp3) is 0.462. The summed E-state index contributed by atoms with van der Waals surface area (Å²) in [5.41, 5.74) is 1.04. The van der Waals surface area contributed by atoms with Crippen molar-refractivity contribution in [2.75, 3.05) is 0 Å². The number of hydrogen-bond acceptors (Lipinski definition) is 3. The first-order chi connectivity index (χ1) is 9.29. The van der Waals surface area contributed by atoms with Crippen molar-refractivity contribution in [3.63, 3.8) is 0 Å². The summed E-state index contributed by atoms with van der Waals surface area (Å²) in [4.78, 5) is 12.2. The normalized spacial score (nSPS) is 16.4. The molecule has 1 aliphatic rings. The lowest BCUT2D eigenvalue weighted by atomic mass is 10.1. The lowest BCUT2D eigenvalue weighted by molar-refractivity contribution is 0.0937. The highest BCUT2D eigenvalue weighted by Crippen LogP contribution is 2.27. The van der Waals surface area contributed by atoms with Gasteiger partial charge in [0.05, 0.1) is 4.90 Å². The molecule has 1 saturated carbocycles. The third-order valence-corrected chi connectivity index (χ3v) is 5.69. The molecule has 0 radical (unpaired) electrons. The van der Waals surface area contributed by atoms with E-state index in [1.165, 1.54) is 12.1 Å². The van der Waals surface area contributed by atoms with Crippen LogP contribution in [0.1, 0.15) is 41.6 Å². The summed E-state index contributed by atoms with van der Waals surface area (Å²) < 4.78 is 23.4. The second-order valence-electron chi connectivity index (χ2n) is 4.97. The number of hydrogen-bond donors (Lipinski definition) is 1. The number of halogens is 2. The lowest BCUT2D eigenvalue weighted by Gasteiger charge is -2.14. The van der Waals surface area contributed by atoms with Gasteiger partial charge in [-0.05, 0) is 37.5 Å². The van der Waals surface area contributed by atoms with Crippen LogP contribution in [-0.2, 0) is 9.05 Å².